The van der Waals surface area contributed by atoms with Crippen LogP contribution in [0.1, 0.15) is 0 Å². The summed E-state index contributed by atoms with van der Waals surface area (Å²) >= 11 is 3.36. The fraction of sp³-hybridized carbons (Fsp3) is 0.0714. The highest BCUT2D eigenvalue weighted by Crippen LogP contribution is 2.38. The molecule has 102 valence electrons. The van der Waals surface area contributed by atoms with Crippen LogP contribution in [-0.4, -0.2) is 12.5 Å². The van der Waals surface area contributed by atoms with Gasteiger partial charge in [0, 0.05) is 16.6 Å². The van der Waals surface area contributed by atoms with E-state index in [-0.39, 0.29) is 12.5 Å². The molecule has 0 saturated heterocycles. The molecule has 2 aromatic rings. The zero-order valence-electron chi connectivity index (χ0n) is 10.4. The Labute approximate surface area is 123 Å². The molecule has 1 aliphatic rings. The lowest BCUT2D eigenvalue weighted by atomic mass is 10.2. The van der Waals surface area contributed by atoms with Crippen LogP contribution in [0.2, 0.25) is 0 Å². The average Bonchev–Trinajstić information content (AvgIpc) is 2.42. The molecular weight excluding hydrogens is 324 g/mol. The number of fused-ring (bicyclic) bond motifs is 1. The van der Waals surface area contributed by atoms with Crippen molar-refractivity contribution in [2.45, 2.75) is 0 Å². The number of carbonyl (C=O) groups is 1. The fourth-order valence-electron chi connectivity index (χ4n) is 1.84. The SMILES string of the molecule is Nc1cc2c(cc1Oc1ccc(Br)cc1)NC(=O)CO2. The molecule has 0 bridgehead atoms. The van der Waals surface area contributed by atoms with Crippen LogP contribution in [0.4, 0.5) is 11.4 Å². The van der Waals surface area contributed by atoms with Crippen molar-refractivity contribution in [2.24, 2.45) is 0 Å². The largest absolute Gasteiger partial charge is 0.481 e. The van der Waals surface area contributed by atoms with Crippen LogP contribution < -0.4 is 20.5 Å². The van der Waals surface area contributed by atoms with Gasteiger partial charge >= 0.3 is 0 Å². The first-order chi connectivity index (χ1) is 9.61. The van der Waals surface area contributed by atoms with Gasteiger partial charge in [0.1, 0.15) is 11.5 Å². The molecule has 0 atom stereocenters. The van der Waals surface area contributed by atoms with Crippen LogP contribution in [0, 0.1) is 0 Å². The van der Waals surface area contributed by atoms with E-state index in [4.69, 9.17) is 15.2 Å². The number of amides is 1. The van der Waals surface area contributed by atoms with Crippen LogP contribution in [-0.2, 0) is 4.79 Å². The Morgan fingerprint density at radius 2 is 2.00 bits per heavy atom. The Bertz CT molecular complexity index is 671. The summed E-state index contributed by atoms with van der Waals surface area (Å²) in [6.45, 7) is -0.000639. The molecule has 1 heterocycles. The molecular formula is C14H11BrN2O3. The Morgan fingerprint density at radius 1 is 1.25 bits per heavy atom. The molecule has 20 heavy (non-hydrogen) atoms. The first kappa shape index (κ1) is 12.8. The second kappa shape index (κ2) is 5.05. The van der Waals surface area contributed by atoms with Crippen molar-refractivity contribution in [1.29, 1.82) is 0 Å². The van der Waals surface area contributed by atoms with Crippen molar-refractivity contribution in [2.75, 3.05) is 17.7 Å². The maximum atomic E-state index is 11.3. The van der Waals surface area contributed by atoms with Gasteiger partial charge in [-0.2, -0.15) is 0 Å². The van der Waals surface area contributed by atoms with E-state index < -0.39 is 0 Å². The number of benzene rings is 2. The van der Waals surface area contributed by atoms with Gasteiger partial charge in [-0.05, 0) is 24.3 Å². The second-order valence-corrected chi connectivity index (χ2v) is 5.19. The molecule has 1 aliphatic heterocycles. The number of rotatable bonds is 2. The summed E-state index contributed by atoms with van der Waals surface area (Å²) in [6.07, 6.45) is 0. The zero-order valence-corrected chi connectivity index (χ0v) is 11.9. The third-order valence-electron chi connectivity index (χ3n) is 2.79. The minimum absolute atomic E-state index is 0.000639. The third kappa shape index (κ3) is 2.55. The van der Waals surface area contributed by atoms with Gasteiger partial charge in [-0.25, -0.2) is 0 Å². The number of anilines is 2. The average molecular weight is 335 g/mol. The lowest BCUT2D eigenvalue weighted by Crippen LogP contribution is -2.25. The summed E-state index contributed by atoms with van der Waals surface area (Å²) < 4.78 is 12.0. The maximum absolute atomic E-state index is 11.3. The van der Waals surface area contributed by atoms with Crippen molar-refractivity contribution >= 4 is 33.2 Å². The summed E-state index contributed by atoms with van der Waals surface area (Å²) in [6, 6.07) is 10.7. The van der Waals surface area contributed by atoms with Crippen LogP contribution in [0.15, 0.2) is 40.9 Å². The highest BCUT2D eigenvalue weighted by atomic mass is 79.9. The minimum Gasteiger partial charge on any atom is -0.481 e. The number of hydrogen-bond donors (Lipinski definition) is 2. The van der Waals surface area contributed by atoms with Gasteiger partial charge in [-0.1, -0.05) is 15.9 Å². The van der Waals surface area contributed by atoms with E-state index in [0.29, 0.717) is 28.6 Å². The molecule has 1 amide bonds. The van der Waals surface area contributed by atoms with Crippen LogP contribution in [0.3, 0.4) is 0 Å². The molecule has 3 N–H and O–H groups in total. The zero-order chi connectivity index (χ0) is 14.1. The predicted octanol–water partition coefficient (Wildman–Crippen LogP) is 3.15. The maximum Gasteiger partial charge on any atom is 0.262 e. The number of nitrogen functional groups attached to an aromatic ring is 1. The van der Waals surface area contributed by atoms with Gasteiger partial charge in [-0.15, -0.1) is 0 Å². The number of nitrogens with one attached hydrogen (secondary N) is 1. The van der Waals surface area contributed by atoms with Crippen LogP contribution in [0.25, 0.3) is 0 Å². The number of ether oxygens (including phenoxy) is 2. The van der Waals surface area contributed by atoms with E-state index in [1.165, 1.54) is 0 Å². The highest BCUT2D eigenvalue weighted by Gasteiger charge is 2.18. The summed E-state index contributed by atoms with van der Waals surface area (Å²) in [4.78, 5) is 11.3. The third-order valence-corrected chi connectivity index (χ3v) is 3.31. The number of carbonyl (C=O) groups excluding carboxylic acids is 1. The van der Waals surface area contributed by atoms with E-state index in [0.717, 1.165) is 4.47 Å². The van der Waals surface area contributed by atoms with E-state index in [1.807, 2.05) is 24.3 Å². The highest BCUT2D eigenvalue weighted by molar-refractivity contribution is 9.10. The molecule has 0 fully saturated rings. The smallest absolute Gasteiger partial charge is 0.262 e. The van der Waals surface area contributed by atoms with Gasteiger partial charge in [-0.3, -0.25) is 4.79 Å². The Hall–Kier alpha value is -2.21. The van der Waals surface area contributed by atoms with Crippen molar-refractivity contribution in [3.05, 3.63) is 40.9 Å². The molecule has 2 aromatic carbocycles. The standard InChI is InChI=1S/C14H11BrN2O3/c15-8-1-3-9(4-2-8)20-12-6-11-13(5-10(12)16)19-7-14(18)17-11/h1-6H,7,16H2,(H,17,18). The summed E-state index contributed by atoms with van der Waals surface area (Å²) in [5.74, 6) is 1.47. The molecule has 6 heteroatoms. The van der Waals surface area contributed by atoms with Crippen LogP contribution in [0.5, 0.6) is 17.2 Å². The molecule has 5 nitrogen and oxygen atoms in total. The van der Waals surface area contributed by atoms with Gasteiger partial charge in [0.25, 0.3) is 5.91 Å². The molecule has 0 spiro atoms. The van der Waals surface area contributed by atoms with E-state index >= 15 is 0 Å². The van der Waals surface area contributed by atoms with E-state index in [2.05, 4.69) is 21.2 Å². The Kier molecular flexibility index (Phi) is 3.23. The molecule has 0 aliphatic carbocycles. The van der Waals surface area contributed by atoms with E-state index in [9.17, 15) is 4.79 Å². The first-order valence-corrected chi connectivity index (χ1v) is 6.71. The summed E-state index contributed by atoms with van der Waals surface area (Å²) in [5.41, 5.74) is 6.94. The fourth-order valence-corrected chi connectivity index (χ4v) is 2.10. The second-order valence-electron chi connectivity index (χ2n) is 4.28. The first-order valence-electron chi connectivity index (χ1n) is 5.91. The van der Waals surface area contributed by atoms with Crippen LogP contribution >= 0.6 is 15.9 Å². The van der Waals surface area contributed by atoms with Crippen molar-refractivity contribution < 1.29 is 14.3 Å². The number of halogens is 1. The Balaban J connectivity index is 1.91. The Morgan fingerprint density at radius 3 is 2.75 bits per heavy atom. The molecule has 3 rings (SSSR count). The number of hydrogen-bond acceptors (Lipinski definition) is 4. The molecule has 0 aromatic heterocycles. The van der Waals surface area contributed by atoms with Crippen molar-refractivity contribution in [3.8, 4) is 17.2 Å². The summed E-state index contributed by atoms with van der Waals surface area (Å²) in [7, 11) is 0. The molecule has 0 unspecified atom stereocenters. The lowest BCUT2D eigenvalue weighted by molar-refractivity contribution is -0.118. The number of nitrogens with two attached hydrogens (primary N) is 1. The molecule has 0 radical (unpaired) electrons. The van der Waals surface area contributed by atoms with E-state index in [1.54, 1.807) is 12.1 Å². The van der Waals surface area contributed by atoms with Crippen molar-refractivity contribution in [3.63, 3.8) is 0 Å². The van der Waals surface area contributed by atoms with Crippen molar-refractivity contribution in [1.82, 2.24) is 0 Å². The predicted molar refractivity (Wildman–Crippen MR) is 79.2 cm³/mol. The van der Waals surface area contributed by atoms with Gasteiger partial charge in [0.05, 0.1) is 11.4 Å². The summed E-state index contributed by atoms with van der Waals surface area (Å²) in [5, 5.41) is 2.72. The van der Waals surface area contributed by atoms with Gasteiger partial charge < -0.3 is 20.5 Å². The lowest BCUT2D eigenvalue weighted by Gasteiger charge is -2.19. The topological polar surface area (TPSA) is 73.6 Å². The van der Waals surface area contributed by atoms with Gasteiger partial charge in [0.2, 0.25) is 0 Å². The minimum atomic E-state index is -0.197. The monoisotopic (exact) mass is 334 g/mol. The van der Waals surface area contributed by atoms with Gasteiger partial charge in [0.15, 0.2) is 12.4 Å². The molecule has 0 saturated carbocycles. The normalized spacial score (nSPS) is 13.2. The quantitative estimate of drug-likeness (QED) is 0.827.